The van der Waals surface area contributed by atoms with Gasteiger partial charge in [0.2, 0.25) is 0 Å². The van der Waals surface area contributed by atoms with Crippen molar-refractivity contribution in [2.75, 3.05) is 0 Å². The van der Waals surface area contributed by atoms with Crippen LogP contribution in [0.4, 0.5) is 0 Å². The number of aromatic hydroxyl groups is 1. The summed E-state index contributed by atoms with van der Waals surface area (Å²) >= 11 is 13.2. The third-order valence-corrected chi connectivity index (χ3v) is 6.26. The fourth-order valence-electron chi connectivity index (χ4n) is 3.25. The van der Waals surface area contributed by atoms with Crippen LogP contribution in [0.15, 0.2) is 69.9 Å². The molecule has 4 rings (SSSR count). The highest BCUT2D eigenvalue weighted by Gasteiger charge is 2.28. The first-order chi connectivity index (χ1) is 13.9. The number of thiophene rings is 1. The van der Waals surface area contributed by atoms with Crippen LogP contribution in [0.3, 0.4) is 0 Å². The van der Waals surface area contributed by atoms with E-state index in [2.05, 4.69) is 0 Å². The lowest BCUT2D eigenvalue weighted by Crippen LogP contribution is -2.17. The molecule has 1 atom stereocenters. The Bertz CT molecular complexity index is 1260. The first-order valence-corrected chi connectivity index (χ1v) is 10.3. The van der Waals surface area contributed by atoms with E-state index in [9.17, 15) is 14.7 Å². The number of para-hydroxylation sites is 1. The predicted octanol–water partition coefficient (Wildman–Crippen LogP) is 6.27. The van der Waals surface area contributed by atoms with Crippen LogP contribution >= 0.6 is 34.5 Å². The first kappa shape index (κ1) is 19.7. The molecule has 0 saturated carbocycles. The summed E-state index contributed by atoms with van der Waals surface area (Å²) in [4.78, 5) is 26.4. The summed E-state index contributed by atoms with van der Waals surface area (Å²) in [7, 11) is 0. The lowest BCUT2D eigenvalue weighted by atomic mass is 9.90. The van der Waals surface area contributed by atoms with Gasteiger partial charge in [0.05, 0.1) is 15.3 Å². The molecule has 4 aromatic rings. The van der Waals surface area contributed by atoms with E-state index < -0.39 is 11.5 Å². The van der Waals surface area contributed by atoms with Gasteiger partial charge in [0.25, 0.3) is 0 Å². The van der Waals surface area contributed by atoms with Crippen molar-refractivity contribution < 1.29 is 14.3 Å². The Labute approximate surface area is 179 Å². The number of Topliss-reactive ketones (excluding diaryl/α,β-unsaturated/α-hetero) is 1. The average molecular weight is 445 g/mol. The first-order valence-electron chi connectivity index (χ1n) is 8.72. The molecule has 1 N–H and O–H groups in total. The lowest BCUT2D eigenvalue weighted by Gasteiger charge is -2.16. The van der Waals surface area contributed by atoms with Crippen molar-refractivity contribution in [1.29, 1.82) is 0 Å². The molecule has 7 heteroatoms. The Hall–Kier alpha value is -2.60. The Morgan fingerprint density at radius 1 is 1.03 bits per heavy atom. The van der Waals surface area contributed by atoms with Crippen molar-refractivity contribution >= 4 is 51.3 Å². The molecule has 0 aliphatic rings. The van der Waals surface area contributed by atoms with Crippen LogP contribution in [0, 0.1) is 0 Å². The quantitative estimate of drug-likeness (QED) is 0.290. The maximum Gasteiger partial charge on any atom is 0.343 e. The Morgan fingerprint density at radius 2 is 1.76 bits per heavy atom. The molecule has 0 aliphatic heterocycles. The van der Waals surface area contributed by atoms with E-state index in [1.807, 2.05) is 0 Å². The zero-order chi connectivity index (χ0) is 20.5. The standard InChI is InChI=1S/C22H14Cl2O4S/c23-13-7-5-12(6-8-13)16(25)11-15(18-9-10-19(24)29-18)20-21(26)14-3-1-2-4-17(14)28-22(20)27/h1-10,15,26H,11H2. The number of benzene rings is 2. The fraction of sp³-hybridized carbons (Fsp3) is 0.0909. The molecule has 0 radical (unpaired) electrons. The molecule has 2 heterocycles. The van der Waals surface area contributed by atoms with E-state index in [0.717, 1.165) is 0 Å². The number of halogens is 2. The van der Waals surface area contributed by atoms with E-state index in [4.69, 9.17) is 27.6 Å². The van der Waals surface area contributed by atoms with E-state index in [-0.39, 0.29) is 29.1 Å². The molecular formula is C22H14Cl2O4S. The second-order valence-corrected chi connectivity index (χ2v) is 8.66. The highest BCUT2D eigenvalue weighted by Crippen LogP contribution is 2.40. The number of fused-ring (bicyclic) bond motifs is 1. The van der Waals surface area contributed by atoms with Crippen molar-refractivity contribution in [3.05, 3.63) is 96.4 Å². The Kier molecular flexibility index (Phi) is 5.46. The predicted molar refractivity (Wildman–Crippen MR) is 116 cm³/mol. The molecule has 4 nitrogen and oxygen atoms in total. The number of rotatable bonds is 5. The summed E-state index contributed by atoms with van der Waals surface area (Å²) < 4.78 is 5.94. The molecule has 146 valence electrons. The number of hydrogen-bond donors (Lipinski definition) is 1. The lowest BCUT2D eigenvalue weighted by molar-refractivity contribution is 0.0977. The maximum atomic E-state index is 12.9. The van der Waals surface area contributed by atoms with Gasteiger partial charge >= 0.3 is 5.63 Å². The second-order valence-electron chi connectivity index (χ2n) is 6.48. The summed E-state index contributed by atoms with van der Waals surface area (Å²) in [5, 5.41) is 11.8. The summed E-state index contributed by atoms with van der Waals surface area (Å²) in [5.41, 5.74) is 0.113. The monoisotopic (exact) mass is 444 g/mol. The van der Waals surface area contributed by atoms with Crippen molar-refractivity contribution in [2.24, 2.45) is 0 Å². The highest BCUT2D eigenvalue weighted by atomic mass is 35.5. The SMILES string of the molecule is O=C(CC(c1ccc(Cl)s1)c1c(O)c2ccccc2oc1=O)c1ccc(Cl)cc1. The van der Waals surface area contributed by atoms with E-state index in [1.54, 1.807) is 60.7 Å². The van der Waals surface area contributed by atoms with Crippen molar-refractivity contribution in [2.45, 2.75) is 12.3 Å². The number of carbonyl (C=O) groups excluding carboxylic acids is 1. The average Bonchev–Trinajstić information content (AvgIpc) is 3.13. The zero-order valence-corrected chi connectivity index (χ0v) is 17.2. The van der Waals surface area contributed by atoms with E-state index in [0.29, 0.717) is 25.2 Å². The molecule has 0 amide bonds. The molecule has 2 aromatic heterocycles. The van der Waals surface area contributed by atoms with Gasteiger partial charge in [-0.1, -0.05) is 35.3 Å². The van der Waals surface area contributed by atoms with E-state index >= 15 is 0 Å². The number of carbonyl (C=O) groups is 1. The van der Waals surface area contributed by atoms with Gasteiger partial charge in [-0.2, -0.15) is 0 Å². The highest BCUT2D eigenvalue weighted by molar-refractivity contribution is 7.16. The van der Waals surface area contributed by atoms with Crippen molar-refractivity contribution in [1.82, 2.24) is 0 Å². The smallest absolute Gasteiger partial charge is 0.343 e. The maximum absolute atomic E-state index is 12.9. The number of hydrogen-bond acceptors (Lipinski definition) is 5. The molecule has 0 aliphatic carbocycles. The molecule has 29 heavy (non-hydrogen) atoms. The van der Waals surface area contributed by atoms with Crippen LogP contribution in [-0.2, 0) is 0 Å². The minimum Gasteiger partial charge on any atom is -0.507 e. The van der Waals surface area contributed by atoms with Crippen LogP contribution in [0.25, 0.3) is 11.0 Å². The molecule has 0 bridgehead atoms. The molecular weight excluding hydrogens is 431 g/mol. The van der Waals surface area contributed by atoms with Crippen LogP contribution in [0.1, 0.15) is 33.1 Å². The summed E-state index contributed by atoms with van der Waals surface area (Å²) in [5.74, 6) is -1.07. The minimum absolute atomic E-state index is 0.0326. The van der Waals surface area contributed by atoms with E-state index in [1.165, 1.54) is 11.3 Å². The third-order valence-electron chi connectivity index (χ3n) is 4.66. The molecule has 0 fully saturated rings. The molecule has 0 saturated heterocycles. The normalized spacial score (nSPS) is 12.2. The Balaban J connectivity index is 1.84. The molecule has 1 unspecified atom stereocenters. The van der Waals surface area contributed by atoms with Gasteiger partial charge in [-0.3, -0.25) is 4.79 Å². The minimum atomic E-state index is -0.698. The number of ketones is 1. The van der Waals surface area contributed by atoms with Gasteiger partial charge in [-0.25, -0.2) is 4.79 Å². The fourth-order valence-corrected chi connectivity index (χ4v) is 4.55. The van der Waals surface area contributed by atoms with Crippen molar-refractivity contribution in [3.8, 4) is 5.75 Å². The van der Waals surface area contributed by atoms with Gasteiger partial charge in [0.1, 0.15) is 11.3 Å². The molecule has 0 spiro atoms. The van der Waals surface area contributed by atoms with Gasteiger partial charge in [0.15, 0.2) is 5.78 Å². The van der Waals surface area contributed by atoms with Gasteiger partial charge < -0.3 is 9.52 Å². The summed E-state index contributed by atoms with van der Waals surface area (Å²) in [6.07, 6.45) is -0.0326. The van der Waals surface area contributed by atoms with Crippen LogP contribution in [-0.4, -0.2) is 10.9 Å². The second kappa shape index (κ2) is 8.03. The van der Waals surface area contributed by atoms with Crippen LogP contribution in [0.5, 0.6) is 5.75 Å². The van der Waals surface area contributed by atoms with Crippen LogP contribution in [0.2, 0.25) is 9.36 Å². The summed E-state index contributed by atoms with van der Waals surface area (Å²) in [6.45, 7) is 0. The topological polar surface area (TPSA) is 67.5 Å². The third kappa shape index (κ3) is 3.94. The van der Waals surface area contributed by atoms with Gasteiger partial charge in [-0.15, -0.1) is 11.3 Å². The van der Waals surface area contributed by atoms with Gasteiger partial charge in [-0.05, 0) is 48.5 Å². The molecule has 2 aromatic carbocycles. The van der Waals surface area contributed by atoms with Crippen molar-refractivity contribution in [3.63, 3.8) is 0 Å². The summed E-state index contributed by atoms with van der Waals surface area (Å²) in [6, 6.07) is 16.7. The largest absolute Gasteiger partial charge is 0.507 e. The Morgan fingerprint density at radius 3 is 2.45 bits per heavy atom. The van der Waals surface area contributed by atoms with Crippen LogP contribution < -0.4 is 5.63 Å². The van der Waals surface area contributed by atoms with Gasteiger partial charge in [0, 0.05) is 27.8 Å². The zero-order valence-electron chi connectivity index (χ0n) is 14.9.